The molecule has 0 bridgehead atoms. The Labute approximate surface area is 312 Å². The zero-order valence-corrected chi connectivity index (χ0v) is 32.3. The monoisotopic (exact) mass is 751 g/mol. The second-order valence-corrected chi connectivity index (χ2v) is 17.6. The molecular weight excluding hydrogens is 699 g/mol. The van der Waals surface area contributed by atoms with E-state index in [1.54, 1.807) is 24.1 Å². The van der Waals surface area contributed by atoms with Gasteiger partial charge in [-0.25, -0.2) is 9.52 Å². The van der Waals surface area contributed by atoms with E-state index < -0.39 is 33.1 Å². The Balaban J connectivity index is 1.23. The molecular formula is C39H53N5O8S. The second-order valence-electron chi connectivity index (χ2n) is 15.8. The van der Waals surface area contributed by atoms with Gasteiger partial charge in [-0.1, -0.05) is 25.3 Å². The fourth-order valence-corrected chi connectivity index (χ4v) is 8.41. The first-order valence-corrected chi connectivity index (χ1v) is 20.1. The third kappa shape index (κ3) is 8.65. The van der Waals surface area contributed by atoms with E-state index >= 15 is 0 Å². The molecule has 6 rings (SSSR count). The number of carboxylic acids is 1. The van der Waals surface area contributed by atoms with Gasteiger partial charge in [0.1, 0.15) is 11.4 Å². The molecule has 3 fully saturated rings. The smallest absolute Gasteiger partial charge is 0.410 e. The van der Waals surface area contributed by atoms with Crippen LogP contribution in [0.2, 0.25) is 0 Å². The molecule has 1 aromatic heterocycles. The van der Waals surface area contributed by atoms with Gasteiger partial charge in [0.05, 0.1) is 18.2 Å². The van der Waals surface area contributed by atoms with Crippen LogP contribution in [0.1, 0.15) is 87.6 Å². The van der Waals surface area contributed by atoms with Gasteiger partial charge in [0.2, 0.25) is 0 Å². The van der Waals surface area contributed by atoms with E-state index in [0.29, 0.717) is 56.8 Å². The van der Waals surface area contributed by atoms with Crippen LogP contribution in [0.4, 0.5) is 4.79 Å². The molecule has 0 radical (unpaired) electrons. The van der Waals surface area contributed by atoms with E-state index in [1.165, 1.54) is 13.5 Å². The highest BCUT2D eigenvalue weighted by molar-refractivity contribution is 7.87. The minimum absolute atomic E-state index is 0.143. The third-order valence-electron chi connectivity index (χ3n) is 10.9. The number of piperazine rings is 1. The Hall–Kier alpha value is -4.14. The van der Waals surface area contributed by atoms with Gasteiger partial charge in [-0.2, -0.15) is 12.7 Å². The Morgan fingerprint density at radius 3 is 2.23 bits per heavy atom. The van der Waals surface area contributed by atoms with Crippen LogP contribution in [0, 0.1) is 5.41 Å². The molecule has 2 saturated carbocycles. The van der Waals surface area contributed by atoms with Crippen LogP contribution in [0.3, 0.4) is 0 Å². The third-order valence-corrected chi connectivity index (χ3v) is 12.3. The fraction of sp³-hybridized carbons (Fsp3) is 0.564. The summed E-state index contributed by atoms with van der Waals surface area (Å²) in [5.74, 6) is -0.626. The summed E-state index contributed by atoms with van der Waals surface area (Å²) in [6, 6.07) is 13.1. The van der Waals surface area contributed by atoms with Crippen LogP contribution in [-0.2, 0) is 26.3 Å². The Morgan fingerprint density at radius 1 is 0.981 bits per heavy atom. The fourth-order valence-electron chi connectivity index (χ4n) is 7.58. The standard InChI is InChI=1S/C39H53N5O8S/c1-38(2,3)52-37(48)43-23-21-42(22-24-43)20-19-41(4)53(49,50)40-35(45)29-13-16-31-32(25-29)44(26-39(17-18-39)36(46)47)34(28-11-14-30(51-5)15-12-28)33(31)27-9-7-6-8-10-27/h11-16,25,27H,6-10,17-24,26H2,1-5H3,(H,40,45)(H,46,47). The zero-order chi connectivity index (χ0) is 38.1. The number of carbonyl (C=O) groups excluding carboxylic acids is 2. The number of rotatable bonds is 12. The first kappa shape index (κ1) is 38.6. The van der Waals surface area contributed by atoms with Gasteiger partial charge in [0, 0.05) is 69.3 Å². The summed E-state index contributed by atoms with van der Waals surface area (Å²) < 4.78 is 43.1. The average Bonchev–Trinajstić information content (AvgIpc) is 3.86. The number of aromatic nitrogens is 1. The lowest BCUT2D eigenvalue weighted by Gasteiger charge is -2.36. The lowest BCUT2D eigenvalue weighted by Crippen LogP contribution is -2.52. The van der Waals surface area contributed by atoms with Crippen molar-refractivity contribution in [2.24, 2.45) is 5.41 Å². The highest BCUT2D eigenvalue weighted by atomic mass is 32.2. The first-order chi connectivity index (χ1) is 25.1. The van der Waals surface area contributed by atoms with Gasteiger partial charge >= 0.3 is 22.3 Å². The number of fused-ring (bicyclic) bond motifs is 1. The maximum Gasteiger partial charge on any atom is 0.410 e. The van der Waals surface area contributed by atoms with E-state index in [2.05, 4.69) is 14.2 Å². The molecule has 288 valence electrons. The van der Waals surface area contributed by atoms with Gasteiger partial charge in [-0.3, -0.25) is 14.5 Å². The van der Waals surface area contributed by atoms with Crippen LogP contribution in [0.5, 0.6) is 5.75 Å². The van der Waals surface area contributed by atoms with Gasteiger partial charge < -0.3 is 24.0 Å². The summed E-state index contributed by atoms with van der Waals surface area (Å²) in [5, 5.41) is 11.2. The van der Waals surface area contributed by atoms with Crippen molar-refractivity contribution in [3.05, 3.63) is 53.6 Å². The molecule has 13 nitrogen and oxygen atoms in total. The lowest BCUT2D eigenvalue weighted by molar-refractivity contribution is -0.143. The van der Waals surface area contributed by atoms with Gasteiger partial charge in [-0.05, 0) is 99.9 Å². The van der Waals surface area contributed by atoms with Gasteiger partial charge in [-0.15, -0.1) is 0 Å². The molecule has 3 aromatic rings. The Kier molecular flexibility index (Phi) is 11.1. The van der Waals surface area contributed by atoms with Crippen LogP contribution >= 0.6 is 0 Å². The minimum Gasteiger partial charge on any atom is -0.497 e. The van der Waals surface area contributed by atoms with Crippen molar-refractivity contribution in [3.8, 4) is 17.0 Å². The molecule has 2 aliphatic carbocycles. The molecule has 2 N–H and O–H groups in total. The number of carbonyl (C=O) groups is 3. The highest BCUT2D eigenvalue weighted by Crippen LogP contribution is 2.51. The zero-order valence-electron chi connectivity index (χ0n) is 31.5. The summed E-state index contributed by atoms with van der Waals surface area (Å²) in [6.07, 6.45) is 6.17. The van der Waals surface area contributed by atoms with Crippen LogP contribution in [0.15, 0.2) is 42.5 Å². The van der Waals surface area contributed by atoms with Gasteiger partial charge in [0.25, 0.3) is 5.91 Å². The molecule has 1 aliphatic heterocycles. The predicted octanol–water partition coefficient (Wildman–Crippen LogP) is 5.69. The summed E-state index contributed by atoms with van der Waals surface area (Å²) in [7, 11) is -1.14. The molecule has 53 heavy (non-hydrogen) atoms. The maximum atomic E-state index is 13.7. The number of carboxylic acid groups (broad SMARTS) is 1. The summed E-state index contributed by atoms with van der Waals surface area (Å²) in [5.41, 5.74) is 2.44. The molecule has 0 spiro atoms. The number of aliphatic carboxylic acids is 1. The SMILES string of the molecule is COc1ccc(-c2c(C3CCCCC3)c3ccc(C(=O)NS(=O)(=O)N(C)CCN4CCN(C(=O)OC(C)(C)C)CC4)cc3n2CC2(C(=O)O)CC2)cc1. The van der Waals surface area contributed by atoms with Crippen molar-refractivity contribution in [3.63, 3.8) is 0 Å². The summed E-state index contributed by atoms with van der Waals surface area (Å²) in [4.78, 5) is 42.3. The van der Waals surface area contributed by atoms with Crippen molar-refractivity contribution in [1.29, 1.82) is 0 Å². The number of methoxy groups -OCH3 is 1. The number of likely N-dealkylation sites (N-methyl/N-ethyl adjacent to an activating group) is 1. The second kappa shape index (κ2) is 15.3. The molecule has 1 saturated heterocycles. The molecule has 0 atom stereocenters. The van der Waals surface area contributed by atoms with Crippen molar-refractivity contribution >= 4 is 39.1 Å². The van der Waals surface area contributed by atoms with Crippen LogP contribution < -0.4 is 9.46 Å². The topological polar surface area (TPSA) is 151 Å². The normalized spacial score (nSPS) is 18.3. The van der Waals surface area contributed by atoms with Crippen LogP contribution in [0.25, 0.3) is 22.2 Å². The van der Waals surface area contributed by atoms with E-state index in [1.807, 2.05) is 51.1 Å². The van der Waals surface area contributed by atoms with Crippen molar-refractivity contribution in [1.82, 2.24) is 23.4 Å². The minimum atomic E-state index is -4.19. The Morgan fingerprint density at radius 2 is 1.64 bits per heavy atom. The quantitative estimate of drug-likeness (QED) is 0.238. The van der Waals surface area contributed by atoms with E-state index in [9.17, 15) is 27.9 Å². The number of benzene rings is 2. The average molecular weight is 752 g/mol. The Bertz CT molecular complexity index is 1930. The van der Waals surface area contributed by atoms with Gasteiger partial charge in [0.15, 0.2) is 0 Å². The molecule has 3 aliphatic rings. The number of amides is 2. The predicted molar refractivity (Wildman–Crippen MR) is 202 cm³/mol. The lowest BCUT2D eigenvalue weighted by atomic mass is 9.81. The number of nitrogens with one attached hydrogen (secondary N) is 1. The largest absolute Gasteiger partial charge is 0.497 e. The summed E-state index contributed by atoms with van der Waals surface area (Å²) in [6.45, 7) is 8.38. The van der Waals surface area contributed by atoms with E-state index in [4.69, 9.17) is 9.47 Å². The number of hydrogen-bond acceptors (Lipinski definition) is 8. The molecule has 2 heterocycles. The van der Waals surface area contributed by atoms with Crippen LogP contribution in [-0.4, -0.2) is 109 Å². The molecule has 14 heteroatoms. The molecule has 2 aromatic carbocycles. The van der Waals surface area contributed by atoms with Crippen molar-refractivity contribution < 1.29 is 37.4 Å². The van der Waals surface area contributed by atoms with Crippen molar-refractivity contribution in [2.75, 3.05) is 53.4 Å². The molecule has 0 unspecified atom stereocenters. The first-order valence-electron chi connectivity index (χ1n) is 18.6. The van der Waals surface area contributed by atoms with Crippen molar-refractivity contribution in [2.45, 2.75) is 83.8 Å². The number of ether oxygens (including phenoxy) is 2. The summed E-state index contributed by atoms with van der Waals surface area (Å²) >= 11 is 0. The maximum absolute atomic E-state index is 13.7. The molecule has 2 amide bonds. The number of nitrogens with zero attached hydrogens (tertiary/aromatic N) is 4. The highest BCUT2D eigenvalue weighted by Gasteiger charge is 2.51. The number of hydrogen-bond donors (Lipinski definition) is 2. The van der Waals surface area contributed by atoms with E-state index in [-0.39, 0.29) is 30.7 Å². The van der Waals surface area contributed by atoms with E-state index in [0.717, 1.165) is 52.2 Å².